The number of hydrogen-bond acceptors (Lipinski definition) is 2. The maximum absolute atomic E-state index is 12.2. The Bertz CT molecular complexity index is 350. The Kier molecular flexibility index (Phi) is 3.82. The standard InChI is InChI=1S/C13H21F3N2O/c1-9(2)10-17-12(6-7-12)11(19)18(10)8-4-3-5-13(14,15)16/h9-10,17H,3-8H2,1-2H3. The predicted molar refractivity (Wildman–Crippen MR) is 65.3 cm³/mol. The number of rotatable bonds is 5. The molecule has 1 aliphatic carbocycles. The molecule has 0 bridgehead atoms. The second kappa shape index (κ2) is 4.96. The minimum Gasteiger partial charge on any atom is -0.325 e. The van der Waals surface area contributed by atoms with Gasteiger partial charge in [0, 0.05) is 13.0 Å². The van der Waals surface area contributed by atoms with Crippen LogP contribution in [0, 0.1) is 5.92 Å². The van der Waals surface area contributed by atoms with E-state index in [4.69, 9.17) is 0 Å². The van der Waals surface area contributed by atoms with Gasteiger partial charge in [-0.3, -0.25) is 10.1 Å². The third-order valence-corrected chi connectivity index (χ3v) is 3.92. The molecular formula is C13H21F3N2O. The summed E-state index contributed by atoms with van der Waals surface area (Å²) in [6.45, 7) is 4.47. The summed E-state index contributed by atoms with van der Waals surface area (Å²) in [6, 6.07) is 0. The molecule has 1 spiro atoms. The van der Waals surface area contributed by atoms with Gasteiger partial charge in [-0.15, -0.1) is 0 Å². The van der Waals surface area contributed by atoms with Gasteiger partial charge in [0.25, 0.3) is 0 Å². The minimum absolute atomic E-state index is 0.0270. The molecule has 1 unspecified atom stereocenters. The lowest BCUT2D eigenvalue weighted by atomic mass is 10.1. The largest absolute Gasteiger partial charge is 0.389 e. The predicted octanol–water partition coefficient (Wildman–Crippen LogP) is 2.67. The molecule has 1 atom stereocenters. The van der Waals surface area contributed by atoms with Gasteiger partial charge in [-0.2, -0.15) is 13.2 Å². The highest BCUT2D eigenvalue weighted by Crippen LogP contribution is 2.43. The van der Waals surface area contributed by atoms with Crippen LogP contribution in [0.3, 0.4) is 0 Å². The van der Waals surface area contributed by atoms with E-state index in [0.29, 0.717) is 13.0 Å². The van der Waals surface area contributed by atoms with E-state index in [1.165, 1.54) is 0 Å². The van der Waals surface area contributed by atoms with Gasteiger partial charge < -0.3 is 4.90 Å². The van der Waals surface area contributed by atoms with Crippen molar-refractivity contribution in [1.82, 2.24) is 10.2 Å². The Morgan fingerprint density at radius 2 is 2.00 bits per heavy atom. The Morgan fingerprint density at radius 3 is 2.47 bits per heavy atom. The SMILES string of the molecule is CC(C)C1NC2(CC2)C(=O)N1CCCCC(F)(F)F. The van der Waals surface area contributed by atoms with Gasteiger partial charge in [-0.25, -0.2) is 0 Å². The fourth-order valence-corrected chi connectivity index (χ4v) is 2.68. The van der Waals surface area contributed by atoms with Crippen LogP contribution in [0.2, 0.25) is 0 Å². The van der Waals surface area contributed by atoms with E-state index < -0.39 is 12.6 Å². The second-order valence-electron chi connectivity index (χ2n) is 5.99. The summed E-state index contributed by atoms with van der Waals surface area (Å²) in [5.74, 6) is 0.352. The van der Waals surface area contributed by atoms with E-state index in [2.05, 4.69) is 5.32 Å². The van der Waals surface area contributed by atoms with Crippen LogP contribution in [-0.2, 0) is 4.79 Å². The molecule has 0 aromatic carbocycles. The molecule has 6 heteroatoms. The number of unbranched alkanes of at least 4 members (excludes halogenated alkanes) is 1. The molecule has 2 rings (SSSR count). The topological polar surface area (TPSA) is 32.3 Å². The van der Waals surface area contributed by atoms with Gasteiger partial charge in [0.2, 0.25) is 5.91 Å². The highest BCUT2D eigenvalue weighted by molar-refractivity contribution is 5.91. The van der Waals surface area contributed by atoms with Crippen LogP contribution in [0.25, 0.3) is 0 Å². The summed E-state index contributed by atoms with van der Waals surface area (Å²) in [5.41, 5.74) is -0.376. The molecule has 19 heavy (non-hydrogen) atoms. The van der Waals surface area contributed by atoms with Crippen molar-refractivity contribution < 1.29 is 18.0 Å². The molecule has 1 amide bonds. The van der Waals surface area contributed by atoms with Gasteiger partial charge in [0.15, 0.2) is 0 Å². The zero-order chi connectivity index (χ0) is 14.3. The summed E-state index contributed by atoms with van der Waals surface area (Å²) in [6.07, 6.45) is -2.68. The Labute approximate surface area is 111 Å². The molecular weight excluding hydrogens is 257 g/mol. The van der Waals surface area contributed by atoms with Gasteiger partial charge in [-0.05, 0) is 31.6 Å². The van der Waals surface area contributed by atoms with Crippen LogP contribution in [0.4, 0.5) is 13.2 Å². The van der Waals surface area contributed by atoms with E-state index in [1.54, 1.807) is 4.90 Å². The summed E-state index contributed by atoms with van der Waals surface area (Å²) in [4.78, 5) is 14.0. The Morgan fingerprint density at radius 1 is 1.37 bits per heavy atom. The molecule has 3 nitrogen and oxygen atoms in total. The minimum atomic E-state index is -4.09. The average molecular weight is 278 g/mol. The van der Waals surface area contributed by atoms with Crippen molar-refractivity contribution >= 4 is 5.91 Å². The van der Waals surface area contributed by atoms with Crippen LogP contribution < -0.4 is 5.32 Å². The number of halogens is 3. The highest BCUT2D eigenvalue weighted by Gasteiger charge is 2.59. The summed E-state index contributed by atoms with van der Waals surface area (Å²) >= 11 is 0. The van der Waals surface area contributed by atoms with E-state index in [-0.39, 0.29) is 30.0 Å². The number of carbonyl (C=O) groups is 1. The first-order chi connectivity index (χ1) is 8.75. The van der Waals surface area contributed by atoms with Crippen molar-refractivity contribution in [3.05, 3.63) is 0 Å². The van der Waals surface area contributed by atoms with Crippen LogP contribution in [0.1, 0.15) is 46.0 Å². The Balaban J connectivity index is 1.85. The van der Waals surface area contributed by atoms with Crippen LogP contribution >= 0.6 is 0 Å². The molecule has 0 radical (unpaired) electrons. The van der Waals surface area contributed by atoms with Crippen molar-refractivity contribution in [2.75, 3.05) is 6.54 Å². The monoisotopic (exact) mass is 278 g/mol. The molecule has 1 N–H and O–H groups in total. The van der Waals surface area contributed by atoms with Crippen molar-refractivity contribution in [3.8, 4) is 0 Å². The van der Waals surface area contributed by atoms with E-state index in [0.717, 1.165) is 12.8 Å². The smallest absolute Gasteiger partial charge is 0.325 e. The number of hydrogen-bond donors (Lipinski definition) is 1. The lowest BCUT2D eigenvalue weighted by Crippen LogP contribution is -2.42. The lowest BCUT2D eigenvalue weighted by Gasteiger charge is -2.27. The number of amides is 1. The number of nitrogens with one attached hydrogen (secondary N) is 1. The van der Waals surface area contributed by atoms with Gasteiger partial charge in [0.05, 0.1) is 11.7 Å². The van der Waals surface area contributed by atoms with Gasteiger partial charge in [-0.1, -0.05) is 13.8 Å². The highest BCUT2D eigenvalue weighted by atomic mass is 19.4. The number of carbonyl (C=O) groups excluding carboxylic acids is 1. The second-order valence-corrected chi connectivity index (χ2v) is 5.99. The third kappa shape index (κ3) is 3.22. The van der Waals surface area contributed by atoms with Crippen LogP contribution in [0.15, 0.2) is 0 Å². The summed E-state index contributed by atoms with van der Waals surface area (Å²) < 4.78 is 36.2. The van der Waals surface area contributed by atoms with E-state index >= 15 is 0 Å². The summed E-state index contributed by atoms with van der Waals surface area (Å²) in [5, 5.41) is 3.35. The van der Waals surface area contributed by atoms with Crippen LogP contribution in [0.5, 0.6) is 0 Å². The molecule has 0 aromatic rings. The molecule has 2 aliphatic rings. The van der Waals surface area contributed by atoms with Crippen molar-refractivity contribution in [2.45, 2.75) is 63.8 Å². The lowest BCUT2D eigenvalue weighted by molar-refractivity contribution is -0.136. The van der Waals surface area contributed by atoms with E-state index in [9.17, 15) is 18.0 Å². The summed E-state index contributed by atoms with van der Waals surface area (Å²) in [7, 11) is 0. The number of nitrogens with zero attached hydrogens (tertiary/aromatic N) is 1. The fourth-order valence-electron chi connectivity index (χ4n) is 2.68. The third-order valence-electron chi connectivity index (χ3n) is 3.92. The molecule has 0 aromatic heterocycles. The molecule has 1 saturated heterocycles. The fraction of sp³-hybridized carbons (Fsp3) is 0.923. The number of alkyl halides is 3. The Hall–Kier alpha value is -0.780. The average Bonchev–Trinajstić information content (AvgIpc) is 2.99. The van der Waals surface area contributed by atoms with Crippen molar-refractivity contribution in [3.63, 3.8) is 0 Å². The maximum atomic E-state index is 12.2. The first kappa shape index (κ1) is 14.6. The molecule has 1 aliphatic heterocycles. The van der Waals surface area contributed by atoms with Gasteiger partial charge in [0.1, 0.15) is 0 Å². The molecule has 1 heterocycles. The quantitative estimate of drug-likeness (QED) is 0.784. The normalized spacial score (nSPS) is 25.7. The van der Waals surface area contributed by atoms with E-state index in [1.807, 2.05) is 13.8 Å². The zero-order valence-corrected chi connectivity index (χ0v) is 11.4. The van der Waals surface area contributed by atoms with Gasteiger partial charge >= 0.3 is 6.18 Å². The van der Waals surface area contributed by atoms with Crippen molar-refractivity contribution in [1.29, 1.82) is 0 Å². The van der Waals surface area contributed by atoms with Crippen LogP contribution in [-0.4, -0.2) is 35.2 Å². The maximum Gasteiger partial charge on any atom is 0.389 e. The first-order valence-electron chi connectivity index (χ1n) is 6.91. The zero-order valence-electron chi connectivity index (χ0n) is 11.4. The molecule has 110 valence electrons. The van der Waals surface area contributed by atoms with Crippen molar-refractivity contribution in [2.24, 2.45) is 5.92 Å². The first-order valence-corrected chi connectivity index (χ1v) is 6.91. The molecule has 1 saturated carbocycles. The molecule has 2 fully saturated rings.